The Bertz CT molecular complexity index is 330. The SMILES string of the molecule is CC(c1ccc(Cl)cc1Cl)N(C)CCO. The molecular formula is C11H15Cl2NO. The molecule has 0 fully saturated rings. The van der Waals surface area contributed by atoms with Crippen LogP contribution in [0.3, 0.4) is 0 Å². The Labute approximate surface area is 100 Å². The van der Waals surface area contributed by atoms with E-state index in [1.54, 1.807) is 6.07 Å². The topological polar surface area (TPSA) is 23.5 Å². The smallest absolute Gasteiger partial charge is 0.0558 e. The maximum atomic E-state index is 8.85. The summed E-state index contributed by atoms with van der Waals surface area (Å²) in [5.74, 6) is 0. The minimum absolute atomic E-state index is 0.145. The van der Waals surface area contributed by atoms with Crippen LogP contribution in [0.2, 0.25) is 10.0 Å². The summed E-state index contributed by atoms with van der Waals surface area (Å²) in [6, 6.07) is 5.65. The molecular weight excluding hydrogens is 233 g/mol. The van der Waals surface area contributed by atoms with E-state index in [9.17, 15) is 0 Å². The van der Waals surface area contributed by atoms with Crippen molar-refractivity contribution in [2.24, 2.45) is 0 Å². The third-order valence-electron chi connectivity index (χ3n) is 2.53. The van der Waals surface area contributed by atoms with Gasteiger partial charge in [-0.3, -0.25) is 4.90 Å². The zero-order chi connectivity index (χ0) is 11.4. The fraction of sp³-hybridized carbons (Fsp3) is 0.455. The zero-order valence-electron chi connectivity index (χ0n) is 8.87. The lowest BCUT2D eigenvalue weighted by molar-refractivity contribution is 0.189. The van der Waals surface area contributed by atoms with Gasteiger partial charge in [0.1, 0.15) is 0 Å². The molecule has 1 N–H and O–H groups in total. The maximum Gasteiger partial charge on any atom is 0.0558 e. The minimum atomic E-state index is 0.145. The predicted octanol–water partition coefficient (Wildman–Crippen LogP) is 2.98. The maximum absolute atomic E-state index is 8.85. The zero-order valence-corrected chi connectivity index (χ0v) is 10.4. The van der Waals surface area contributed by atoms with Crippen LogP contribution in [0, 0.1) is 0 Å². The highest BCUT2D eigenvalue weighted by atomic mass is 35.5. The van der Waals surface area contributed by atoms with Crippen molar-refractivity contribution in [2.45, 2.75) is 13.0 Å². The van der Waals surface area contributed by atoms with E-state index in [1.165, 1.54) is 0 Å². The van der Waals surface area contributed by atoms with Crippen molar-refractivity contribution < 1.29 is 5.11 Å². The molecule has 84 valence electrons. The van der Waals surface area contributed by atoms with Crippen LogP contribution < -0.4 is 0 Å². The molecule has 1 rings (SSSR count). The second-order valence-corrected chi connectivity index (χ2v) is 4.39. The number of halogens is 2. The summed E-state index contributed by atoms with van der Waals surface area (Å²) in [5.41, 5.74) is 1.03. The van der Waals surface area contributed by atoms with Gasteiger partial charge >= 0.3 is 0 Å². The van der Waals surface area contributed by atoms with Crippen LogP contribution >= 0.6 is 23.2 Å². The Morgan fingerprint density at radius 1 is 1.40 bits per heavy atom. The van der Waals surface area contributed by atoms with Crippen LogP contribution in [0.25, 0.3) is 0 Å². The lowest BCUT2D eigenvalue weighted by Crippen LogP contribution is -2.25. The molecule has 0 heterocycles. The van der Waals surface area contributed by atoms with E-state index < -0.39 is 0 Å². The first-order chi connectivity index (χ1) is 7.06. The quantitative estimate of drug-likeness (QED) is 0.885. The van der Waals surface area contributed by atoms with Crippen LogP contribution in [0.1, 0.15) is 18.5 Å². The normalized spacial score (nSPS) is 13.2. The van der Waals surface area contributed by atoms with Gasteiger partial charge in [-0.1, -0.05) is 29.3 Å². The highest BCUT2D eigenvalue weighted by Gasteiger charge is 2.14. The first-order valence-corrected chi connectivity index (χ1v) is 5.58. The van der Waals surface area contributed by atoms with Crippen molar-refractivity contribution in [1.29, 1.82) is 0 Å². The number of hydrogen-bond acceptors (Lipinski definition) is 2. The van der Waals surface area contributed by atoms with Gasteiger partial charge in [0.25, 0.3) is 0 Å². The second-order valence-electron chi connectivity index (χ2n) is 3.55. The summed E-state index contributed by atoms with van der Waals surface area (Å²) in [6.07, 6.45) is 0. The molecule has 1 aromatic rings. The number of benzene rings is 1. The van der Waals surface area contributed by atoms with Gasteiger partial charge in [0, 0.05) is 22.6 Å². The van der Waals surface area contributed by atoms with E-state index in [0.29, 0.717) is 16.6 Å². The fourth-order valence-corrected chi connectivity index (χ4v) is 2.00. The number of nitrogens with zero attached hydrogens (tertiary/aromatic N) is 1. The molecule has 15 heavy (non-hydrogen) atoms. The van der Waals surface area contributed by atoms with Crippen molar-refractivity contribution in [1.82, 2.24) is 4.90 Å². The largest absolute Gasteiger partial charge is 0.395 e. The molecule has 0 saturated heterocycles. The van der Waals surface area contributed by atoms with Crippen molar-refractivity contribution in [3.05, 3.63) is 33.8 Å². The highest BCUT2D eigenvalue weighted by molar-refractivity contribution is 6.35. The number of aliphatic hydroxyl groups is 1. The van der Waals surface area contributed by atoms with Gasteiger partial charge < -0.3 is 5.11 Å². The molecule has 0 radical (unpaired) electrons. The third kappa shape index (κ3) is 3.35. The van der Waals surface area contributed by atoms with Crippen LogP contribution in [0.4, 0.5) is 0 Å². The van der Waals surface area contributed by atoms with Gasteiger partial charge in [0.05, 0.1) is 6.61 Å². The van der Waals surface area contributed by atoms with E-state index in [1.807, 2.05) is 31.0 Å². The van der Waals surface area contributed by atoms with Gasteiger partial charge in [-0.15, -0.1) is 0 Å². The highest BCUT2D eigenvalue weighted by Crippen LogP contribution is 2.28. The van der Waals surface area contributed by atoms with Crippen molar-refractivity contribution >= 4 is 23.2 Å². The Morgan fingerprint density at radius 2 is 2.07 bits per heavy atom. The molecule has 0 aliphatic heterocycles. The van der Waals surface area contributed by atoms with Gasteiger partial charge in [0.2, 0.25) is 0 Å². The summed E-state index contributed by atoms with van der Waals surface area (Å²) < 4.78 is 0. The molecule has 0 aliphatic rings. The monoisotopic (exact) mass is 247 g/mol. The van der Waals surface area contributed by atoms with Gasteiger partial charge in [-0.25, -0.2) is 0 Å². The van der Waals surface area contributed by atoms with E-state index in [-0.39, 0.29) is 12.6 Å². The third-order valence-corrected chi connectivity index (χ3v) is 3.09. The number of aliphatic hydroxyl groups excluding tert-OH is 1. The number of hydrogen-bond donors (Lipinski definition) is 1. The minimum Gasteiger partial charge on any atom is -0.395 e. The Hall–Kier alpha value is -0.280. The van der Waals surface area contributed by atoms with Gasteiger partial charge in [-0.05, 0) is 31.7 Å². The van der Waals surface area contributed by atoms with Crippen molar-refractivity contribution in [3.63, 3.8) is 0 Å². The van der Waals surface area contributed by atoms with E-state index in [4.69, 9.17) is 28.3 Å². The summed E-state index contributed by atoms with van der Waals surface area (Å²) in [4.78, 5) is 2.04. The Kier molecular flexibility index (Phi) is 4.87. The molecule has 0 amide bonds. The second kappa shape index (κ2) is 5.71. The molecule has 0 spiro atoms. The standard InChI is InChI=1S/C11H15Cl2NO/c1-8(14(2)5-6-15)10-4-3-9(12)7-11(10)13/h3-4,7-8,15H,5-6H2,1-2H3. The summed E-state index contributed by atoms with van der Waals surface area (Å²) in [6.45, 7) is 2.82. The average molecular weight is 248 g/mol. The van der Waals surface area contributed by atoms with Gasteiger partial charge in [0.15, 0.2) is 0 Å². The summed E-state index contributed by atoms with van der Waals surface area (Å²) in [5, 5.41) is 10.2. The molecule has 4 heteroatoms. The van der Waals surface area contributed by atoms with Crippen LogP contribution in [0.5, 0.6) is 0 Å². The number of likely N-dealkylation sites (N-methyl/N-ethyl adjacent to an activating group) is 1. The molecule has 1 aromatic carbocycles. The molecule has 0 aromatic heterocycles. The van der Waals surface area contributed by atoms with Crippen LogP contribution in [-0.2, 0) is 0 Å². The van der Waals surface area contributed by atoms with Gasteiger partial charge in [-0.2, -0.15) is 0 Å². The molecule has 0 saturated carbocycles. The molecule has 0 bridgehead atoms. The lowest BCUT2D eigenvalue weighted by atomic mass is 10.1. The fourth-order valence-electron chi connectivity index (χ4n) is 1.43. The number of rotatable bonds is 4. The first-order valence-electron chi connectivity index (χ1n) is 4.82. The van der Waals surface area contributed by atoms with Crippen LogP contribution in [0.15, 0.2) is 18.2 Å². The Balaban J connectivity index is 2.86. The first kappa shape index (κ1) is 12.8. The van der Waals surface area contributed by atoms with Crippen molar-refractivity contribution in [2.75, 3.05) is 20.2 Å². The lowest BCUT2D eigenvalue weighted by Gasteiger charge is -2.25. The molecule has 1 atom stereocenters. The Morgan fingerprint density at radius 3 is 2.60 bits per heavy atom. The van der Waals surface area contributed by atoms with Crippen molar-refractivity contribution in [3.8, 4) is 0 Å². The van der Waals surface area contributed by atoms with E-state index >= 15 is 0 Å². The molecule has 0 aliphatic carbocycles. The van der Waals surface area contributed by atoms with E-state index in [0.717, 1.165) is 5.56 Å². The summed E-state index contributed by atoms with van der Waals surface area (Å²) in [7, 11) is 1.95. The summed E-state index contributed by atoms with van der Waals surface area (Å²) >= 11 is 11.9. The molecule has 2 nitrogen and oxygen atoms in total. The molecule has 1 unspecified atom stereocenters. The average Bonchev–Trinajstić information content (AvgIpc) is 2.17. The van der Waals surface area contributed by atoms with E-state index in [2.05, 4.69) is 0 Å². The van der Waals surface area contributed by atoms with Crippen LogP contribution in [-0.4, -0.2) is 30.2 Å². The predicted molar refractivity (Wildman–Crippen MR) is 64.6 cm³/mol.